The van der Waals surface area contributed by atoms with Gasteiger partial charge in [-0.25, -0.2) is 0 Å². The van der Waals surface area contributed by atoms with Crippen LogP contribution < -0.4 is 0 Å². The lowest BCUT2D eigenvalue weighted by Crippen LogP contribution is -2.49. The molecule has 5 nitrogen and oxygen atoms in total. The Morgan fingerprint density at radius 2 is 0.971 bits per heavy atom. The van der Waals surface area contributed by atoms with Gasteiger partial charge < -0.3 is 19.4 Å². The Kier molecular flexibility index (Phi) is 20.3. The molecule has 1 atom stereocenters. The molecule has 0 fully saturated rings. The van der Waals surface area contributed by atoms with Gasteiger partial charge in [0.05, 0.1) is 21.1 Å². The quantitative estimate of drug-likeness (QED) is 0.0524. The van der Waals surface area contributed by atoms with E-state index in [0.29, 0.717) is 10.9 Å². The van der Waals surface area contributed by atoms with Crippen LogP contribution in [0.3, 0.4) is 0 Å². The normalized spacial score (nSPS) is 14.8. The zero-order valence-electron chi connectivity index (χ0n) is 23.6. The van der Waals surface area contributed by atoms with Crippen LogP contribution in [0.15, 0.2) is 24.3 Å². The summed E-state index contributed by atoms with van der Waals surface area (Å²) in [6.07, 6.45) is 31.3. The van der Waals surface area contributed by atoms with E-state index in [1.807, 2.05) is 21.1 Å². The minimum atomic E-state index is -4.55. The van der Waals surface area contributed by atoms with E-state index in [9.17, 15) is 19.5 Å². The second-order valence-electron chi connectivity index (χ2n) is 11.4. The molecule has 0 aliphatic carbocycles. The van der Waals surface area contributed by atoms with Crippen LogP contribution in [-0.2, 0) is 4.57 Å². The van der Waals surface area contributed by atoms with Gasteiger partial charge >= 0.3 is 7.60 Å². The van der Waals surface area contributed by atoms with Crippen molar-refractivity contribution in [1.29, 1.82) is 0 Å². The molecule has 3 N–H and O–H groups in total. The largest absolute Gasteiger partial charge is 0.373 e. The first kappa shape index (κ1) is 34.6. The Bertz CT molecular complexity index is 594. The van der Waals surface area contributed by atoms with Crippen LogP contribution in [0.1, 0.15) is 129 Å². The highest BCUT2D eigenvalue weighted by Crippen LogP contribution is 2.52. The zero-order valence-corrected chi connectivity index (χ0v) is 24.5. The second-order valence-corrected chi connectivity index (χ2v) is 13.3. The fraction of sp³-hybridized carbons (Fsp3) is 0.862. The number of hydrogen-bond donors (Lipinski definition) is 3. The molecular formula is C29H59NO4P+. The number of likely N-dealkylation sites (N-methyl/N-ethyl adjacent to an activating group) is 1. The number of unbranched alkanes of at least 4 members (excludes halogenated alkanes) is 15. The molecule has 0 amide bonds. The van der Waals surface area contributed by atoms with E-state index in [2.05, 4.69) is 31.2 Å². The molecule has 0 aromatic heterocycles. The fourth-order valence-electron chi connectivity index (χ4n) is 4.49. The Hall–Kier alpha value is -0.450. The standard InChI is InChI=1S/C29H58NO4P/c1-5-6-7-8-9-10-11-12-13-14-15-16-17-18-19-20-21-22-23-24-25-26-27-29(31,35(32,33)34)28-30(2,3)4/h9-10,15-16,31H,5-8,11-14,17-28H2,1-4H3,(H-,32,33,34)/p+1/b10-9-,16-15-. The molecule has 208 valence electrons. The number of allylic oxidation sites excluding steroid dienone is 4. The van der Waals surface area contributed by atoms with Gasteiger partial charge in [-0.2, -0.15) is 0 Å². The molecule has 0 aromatic rings. The number of aliphatic hydroxyl groups is 1. The van der Waals surface area contributed by atoms with Crippen LogP contribution in [-0.4, -0.2) is 52.4 Å². The van der Waals surface area contributed by atoms with Crippen LogP contribution in [0, 0.1) is 0 Å². The first-order valence-corrected chi connectivity index (χ1v) is 16.0. The molecule has 0 bridgehead atoms. The molecule has 0 aliphatic rings. The van der Waals surface area contributed by atoms with Crippen molar-refractivity contribution in [3.8, 4) is 0 Å². The van der Waals surface area contributed by atoms with E-state index in [1.165, 1.54) is 89.9 Å². The lowest BCUT2D eigenvalue weighted by molar-refractivity contribution is -0.875. The minimum Gasteiger partial charge on any atom is -0.373 e. The molecule has 0 radical (unpaired) electrons. The SMILES string of the molecule is CCCCC/C=C\CCCC/C=C\CCCCCCCCCCCC(O)(C[N+](C)(C)C)P(=O)(O)O. The Morgan fingerprint density at radius 3 is 1.34 bits per heavy atom. The molecule has 35 heavy (non-hydrogen) atoms. The summed E-state index contributed by atoms with van der Waals surface area (Å²) < 4.78 is 12.1. The highest BCUT2D eigenvalue weighted by molar-refractivity contribution is 7.53. The van der Waals surface area contributed by atoms with Crippen molar-refractivity contribution < 1.29 is 23.9 Å². The molecular weight excluding hydrogens is 457 g/mol. The van der Waals surface area contributed by atoms with Crippen molar-refractivity contribution in [3.05, 3.63) is 24.3 Å². The van der Waals surface area contributed by atoms with Crippen molar-refractivity contribution in [2.45, 2.75) is 134 Å². The maximum absolute atomic E-state index is 11.8. The Morgan fingerprint density at radius 1 is 0.629 bits per heavy atom. The van der Waals surface area contributed by atoms with Crippen LogP contribution >= 0.6 is 7.60 Å². The van der Waals surface area contributed by atoms with Crippen molar-refractivity contribution in [1.82, 2.24) is 0 Å². The summed E-state index contributed by atoms with van der Waals surface area (Å²) in [7, 11) is 0.974. The summed E-state index contributed by atoms with van der Waals surface area (Å²) in [6.45, 7) is 2.31. The second kappa shape index (κ2) is 20.6. The highest BCUT2D eigenvalue weighted by Gasteiger charge is 2.48. The van der Waals surface area contributed by atoms with Crippen LogP contribution in [0.5, 0.6) is 0 Å². The monoisotopic (exact) mass is 516 g/mol. The lowest BCUT2D eigenvalue weighted by Gasteiger charge is -2.35. The average Bonchev–Trinajstić information content (AvgIpc) is 2.75. The zero-order chi connectivity index (χ0) is 26.5. The van der Waals surface area contributed by atoms with E-state index >= 15 is 0 Å². The van der Waals surface area contributed by atoms with Gasteiger partial charge in [0, 0.05) is 0 Å². The van der Waals surface area contributed by atoms with Crippen molar-refractivity contribution in [2.24, 2.45) is 0 Å². The van der Waals surface area contributed by atoms with Crippen LogP contribution in [0.2, 0.25) is 0 Å². The summed E-state index contributed by atoms with van der Waals surface area (Å²) in [5.74, 6) is 0. The molecule has 6 heteroatoms. The first-order valence-electron chi connectivity index (χ1n) is 14.4. The Balaban J connectivity index is 3.56. The summed E-state index contributed by atoms with van der Waals surface area (Å²) in [6, 6.07) is 0. The summed E-state index contributed by atoms with van der Waals surface area (Å²) in [5.41, 5.74) is 0. The predicted molar refractivity (Wildman–Crippen MR) is 152 cm³/mol. The molecule has 0 heterocycles. The van der Waals surface area contributed by atoms with Gasteiger partial charge in [-0.1, -0.05) is 89.0 Å². The number of quaternary nitrogens is 1. The summed E-state index contributed by atoms with van der Waals surface area (Å²) in [4.78, 5) is 19.2. The Labute approximate surface area is 217 Å². The van der Waals surface area contributed by atoms with E-state index in [-0.39, 0.29) is 13.0 Å². The van der Waals surface area contributed by atoms with Gasteiger partial charge in [-0.3, -0.25) is 4.57 Å². The summed E-state index contributed by atoms with van der Waals surface area (Å²) in [5, 5.41) is 8.65. The number of rotatable bonds is 24. The maximum Gasteiger partial charge on any atom is 0.362 e. The molecule has 1 unspecified atom stereocenters. The van der Waals surface area contributed by atoms with Gasteiger partial charge in [0.15, 0.2) is 0 Å². The van der Waals surface area contributed by atoms with Crippen molar-refractivity contribution >= 4 is 7.60 Å². The van der Waals surface area contributed by atoms with E-state index < -0.39 is 12.9 Å². The molecule has 0 aliphatic heterocycles. The molecule has 0 saturated heterocycles. The highest BCUT2D eigenvalue weighted by atomic mass is 31.2. The third-order valence-electron chi connectivity index (χ3n) is 6.52. The van der Waals surface area contributed by atoms with Crippen molar-refractivity contribution in [2.75, 3.05) is 27.7 Å². The van der Waals surface area contributed by atoms with Crippen LogP contribution in [0.4, 0.5) is 0 Å². The average molecular weight is 517 g/mol. The molecule has 0 rings (SSSR count). The molecule has 0 spiro atoms. The minimum absolute atomic E-state index is 0.0588. The van der Waals surface area contributed by atoms with Gasteiger partial charge in [0.1, 0.15) is 6.54 Å². The predicted octanol–water partition coefficient (Wildman–Crippen LogP) is 8.10. The number of nitrogens with zero attached hydrogens (tertiary/aromatic N) is 1. The maximum atomic E-state index is 11.8. The fourth-order valence-corrected chi connectivity index (χ4v) is 5.55. The van der Waals surface area contributed by atoms with Gasteiger partial charge in [-0.15, -0.1) is 0 Å². The smallest absolute Gasteiger partial charge is 0.362 e. The van der Waals surface area contributed by atoms with Gasteiger partial charge in [-0.05, 0) is 64.2 Å². The van der Waals surface area contributed by atoms with Crippen molar-refractivity contribution in [3.63, 3.8) is 0 Å². The van der Waals surface area contributed by atoms with Gasteiger partial charge in [0.2, 0.25) is 5.34 Å². The third-order valence-corrected chi connectivity index (χ3v) is 7.97. The van der Waals surface area contributed by atoms with E-state index in [0.717, 1.165) is 19.3 Å². The van der Waals surface area contributed by atoms with E-state index in [4.69, 9.17) is 0 Å². The molecule has 0 aromatic carbocycles. The first-order chi connectivity index (χ1) is 16.5. The molecule has 0 saturated carbocycles. The van der Waals surface area contributed by atoms with Gasteiger partial charge in [0.25, 0.3) is 0 Å². The topological polar surface area (TPSA) is 77.8 Å². The van der Waals surface area contributed by atoms with Crippen LogP contribution in [0.25, 0.3) is 0 Å². The lowest BCUT2D eigenvalue weighted by atomic mass is 10.0. The number of hydrogen-bond acceptors (Lipinski definition) is 2. The summed E-state index contributed by atoms with van der Waals surface area (Å²) >= 11 is 0. The van der Waals surface area contributed by atoms with E-state index in [1.54, 1.807) is 0 Å². The third kappa shape index (κ3) is 21.4.